The molecule has 2 nitrogen and oxygen atoms in total. The molecule has 18 heavy (non-hydrogen) atoms. The molecule has 0 spiro atoms. The smallest absolute Gasteiger partial charge is 0.103 e. The number of allylic oxidation sites excluding steroid dienone is 1. The zero-order chi connectivity index (χ0) is 14.1. The van der Waals surface area contributed by atoms with E-state index >= 15 is 0 Å². The van der Waals surface area contributed by atoms with Crippen molar-refractivity contribution >= 4 is 5.84 Å². The highest BCUT2D eigenvalue weighted by Crippen LogP contribution is 2.18. The van der Waals surface area contributed by atoms with Crippen LogP contribution in [-0.4, -0.2) is 23.3 Å². The van der Waals surface area contributed by atoms with Gasteiger partial charge in [-0.1, -0.05) is 34.3 Å². The summed E-state index contributed by atoms with van der Waals surface area (Å²) in [5, 5.41) is 0. The predicted octanol–water partition coefficient (Wildman–Crippen LogP) is 4.55. The van der Waals surface area contributed by atoms with Crippen LogP contribution in [0.1, 0.15) is 47.5 Å². The second-order valence-electron chi connectivity index (χ2n) is 4.54. The van der Waals surface area contributed by atoms with Crippen LogP contribution in [0.25, 0.3) is 0 Å². The van der Waals surface area contributed by atoms with Crippen molar-refractivity contribution < 1.29 is 4.39 Å². The fraction of sp³-hybridized carbons (Fsp3) is 0.667. The molecule has 0 N–H and O–H groups in total. The monoisotopic (exact) mass is 254 g/mol. The molecule has 0 radical (unpaired) electrons. The lowest BCUT2D eigenvalue weighted by Crippen LogP contribution is -2.38. The van der Waals surface area contributed by atoms with E-state index in [1.54, 1.807) is 12.3 Å². The minimum atomic E-state index is -0.0764. The Labute approximate surface area is 111 Å². The van der Waals surface area contributed by atoms with Crippen LogP contribution in [0, 0.1) is 5.92 Å². The van der Waals surface area contributed by atoms with Crippen molar-refractivity contribution in [2.75, 3.05) is 6.54 Å². The van der Waals surface area contributed by atoms with Crippen molar-refractivity contribution in [2.45, 2.75) is 53.5 Å². The van der Waals surface area contributed by atoms with Crippen LogP contribution in [0.3, 0.4) is 0 Å². The van der Waals surface area contributed by atoms with Gasteiger partial charge in [0.15, 0.2) is 0 Å². The Morgan fingerprint density at radius 3 is 2.22 bits per heavy atom. The maximum Gasteiger partial charge on any atom is 0.103 e. The Kier molecular flexibility index (Phi) is 8.34. The van der Waals surface area contributed by atoms with Crippen LogP contribution in [0.2, 0.25) is 0 Å². The molecule has 0 fully saturated rings. The van der Waals surface area contributed by atoms with Gasteiger partial charge in [0.25, 0.3) is 0 Å². The lowest BCUT2D eigenvalue weighted by atomic mass is 10.0. The minimum absolute atomic E-state index is 0.0206. The first-order chi connectivity index (χ1) is 8.51. The Hall–Kier alpha value is -1.12. The third kappa shape index (κ3) is 5.03. The van der Waals surface area contributed by atoms with Crippen molar-refractivity contribution in [3.05, 3.63) is 24.7 Å². The molecule has 0 bridgehead atoms. The number of halogens is 1. The first kappa shape index (κ1) is 16.9. The molecule has 0 heterocycles. The second kappa shape index (κ2) is 8.90. The molecule has 0 aromatic heterocycles. The average molecular weight is 254 g/mol. The number of rotatable bonds is 7. The quantitative estimate of drug-likeness (QED) is 0.481. The van der Waals surface area contributed by atoms with Gasteiger partial charge in [0.2, 0.25) is 0 Å². The summed E-state index contributed by atoms with van der Waals surface area (Å²) >= 11 is 0. The van der Waals surface area contributed by atoms with Gasteiger partial charge < -0.3 is 4.90 Å². The first-order valence-corrected chi connectivity index (χ1v) is 6.82. The largest absolute Gasteiger partial charge is 0.330 e. The second-order valence-corrected chi connectivity index (χ2v) is 4.54. The van der Waals surface area contributed by atoms with E-state index in [1.807, 2.05) is 18.7 Å². The molecular formula is C15H27FN2. The molecule has 104 valence electrons. The summed E-state index contributed by atoms with van der Waals surface area (Å²) in [5.41, 5.74) is 0. The van der Waals surface area contributed by atoms with Crippen LogP contribution in [0.15, 0.2) is 29.7 Å². The molecule has 1 atom stereocenters. The summed E-state index contributed by atoms with van der Waals surface area (Å²) in [4.78, 5) is 6.46. The molecule has 0 amide bonds. The zero-order valence-electron chi connectivity index (χ0n) is 12.4. The van der Waals surface area contributed by atoms with Gasteiger partial charge in [-0.05, 0) is 31.5 Å². The molecule has 0 saturated carbocycles. The van der Waals surface area contributed by atoms with Crippen molar-refractivity contribution in [2.24, 2.45) is 10.9 Å². The Morgan fingerprint density at radius 2 is 1.89 bits per heavy atom. The molecule has 0 aromatic carbocycles. The van der Waals surface area contributed by atoms with Crippen molar-refractivity contribution in [3.8, 4) is 0 Å². The molecule has 0 aromatic rings. The third-order valence-corrected chi connectivity index (χ3v) is 2.85. The van der Waals surface area contributed by atoms with Gasteiger partial charge in [-0.25, -0.2) is 4.39 Å². The third-order valence-electron chi connectivity index (χ3n) is 2.85. The highest BCUT2D eigenvalue weighted by molar-refractivity contribution is 5.83. The van der Waals surface area contributed by atoms with Crippen LogP contribution in [-0.2, 0) is 0 Å². The molecule has 0 aliphatic carbocycles. The van der Waals surface area contributed by atoms with Crippen molar-refractivity contribution in [1.29, 1.82) is 0 Å². The van der Waals surface area contributed by atoms with Crippen LogP contribution in [0.4, 0.5) is 4.39 Å². The topological polar surface area (TPSA) is 15.6 Å². The van der Waals surface area contributed by atoms with Crippen molar-refractivity contribution in [1.82, 2.24) is 4.90 Å². The van der Waals surface area contributed by atoms with Gasteiger partial charge >= 0.3 is 0 Å². The molecule has 0 saturated heterocycles. The summed E-state index contributed by atoms with van der Waals surface area (Å²) in [6.07, 6.45) is 4.69. The lowest BCUT2D eigenvalue weighted by molar-refractivity contribution is 0.358. The highest BCUT2D eigenvalue weighted by atomic mass is 19.1. The highest BCUT2D eigenvalue weighted by Gasteiger charge is 2.20. The first-order valence-electron chi connectivity index (χ1n) is 6.82. The molecule has 0 aliphatic rings. The summed E-state index contributed by atoms with van der Waals surface area (Å²) in [6.45, 7) is 14.6. The van der Waals surface area contributed by atoms with Gasteiger partial charge in [0.1, 0.15) is 5.84 Å². The maximum atomic E-state index is 13.6. The minimum Gasteiger partial charge on any atom is -0.330 e. The molecular weight excluding hydrogens is 227 g/mol. The van der Waals surface area contributed by atoms with E-state index in [0.29, 0.717) is 12.3 Å². The summed E-state index contributed by atoms with van der Waals surface area (Å²) in [7, 11) is 0. The number of aliphatic imine (C=N–C) groups is 1. The van der Waals surface area contributed by atoms with Gasteiger partial charge in [0, 0.05) is 13.0 Å². The van der Waals surface area contributed by atoms with Crippen LogP contribution < -0.4 is 0 Å². The Balaban J connectivity index is 5.29. The van der Waals surface area contributed by atoms with E-state index < -0.39 is 0 Å². The zero-order valence-corrected chi connectivity index (χ0v) is 12.4. The van der Waals surface area contributed by atoms with Gasteiger partial charge in [-0.15, -0.1) is 0 Å². The van der Waals surface area contributed by atoms with Gasteiger partial charge in [-0.3, -0.25) is 4.99 Å². The molecule has 3 heteroatoms. The molecule has 0 rings (SSSR count). The molecule has 1 unspecified atom stereocenters. The van der Waals surface area contributed by atoms with Crippen molar-refractivity contribution in [3.63, 3.8) is 0 Å². The van der Waals surface area contributed by atoms with Crippen LogP contribution >= 0.6 is 0 Å². The number of hydrogen-bond acceptors (Lipinski definition) is 1. The number of hydrogen-bond donors (Lipinski definition) is 0. The van der Waals surface area contributed by atoms with Gasteiger partial charge in [-0.2, -0.15) is 0 Å². The summed E-state index contributed by atoms with van der Waals surface area (Å²) in [6, 6.07) is -0.0206. The van der Waals surface area contributed by atoms with Crippen LogP contribution in [0.5, 0.6) is 0 Å². The number of nitrogens with zero attached hydrogens (tertiary/aromatic N) is 2. The van der Waals surface area contributed by atoms with E-state index in [4.69, 9.17) is 0 Å². The van der Waals surface area contributed by atoms with Gasteiger partial charge in [0.05, 0.1) is 11.9 Å². The maximum absolute atomic E-state index is 13.6. The summed E-state index contributed by atoms with van der Waals surface area (Å²) < 4.78 is 13.6. The number of amidine groups is 1. The SMILES string of the molecule is C=CN(C(CC)=NCC)C(C=C(F)CC)C(C)C. The Morgan fingerprint density at radius 1 is 1.28 bits per heavy atom. The fourth-order valence-electron chi connectivity index (χ4n) is 1.85. The average Bonchev–Trinajstić information content (AvgIpc) is 2.36. The van der Waals surface area contributed by atoms with E-state index in [1.165, 1.54) is 0 Å². The lowest BCUT2D eigenvalue weighted by Gasteiger charge is -2.32. The molecule has 0 aliphatic heterocycles. The fourth-order valence-corrected chi connectivity index (χ4v) is 1.85. The standard InChI is InChI=1S/C15H27FN2/c1-7-13(16)11-14(12(5)6)18(10-4)15(8-2)17-9-3/h10-12,14H,4,7-9H2,1-3,5-6H3. The van der Waals surface area contributed by atoms with E-state index in [2.05, 4.69) is 32.3 Å². The van der Waals surface area contributed by atoms with E-state index in [9.17, 15) is 4.39 Å². The van der Waals surface area contributed by atoms with E-state index in [0.717, 1.165) is 18.8 Å². The summed E-state index contributed by atoms with van der Waals surface area (Å²) in [5.74, 6) is 1.19. The normalized spacial score (nSPS) is 14.8. The predicted molar refractivity (Wildman–Crippen MR) is 78.4 cm³/mol. The van der Waals surface area contributed by atoms with E-state index in [-0.39, 0.29) is 11.9 Å². The Bertz CT molecular complexity index is 306.